The quantitative estimate of drug-likeness (QED) is 0.662. The van der Waals surface area contributed by atoms with Gasteiger partial charge in [-0.3, -0.25) is 4.68 Å². The van der Waals surface area contributed by atoms with Crippen molar-refractivity contribution in [2.45, 2.75) is 44.6 Å². The van der Waals surface area contributed by atoms with Crippen LogP contribution in [0.1, 0.15) is 33.1 Å². The number of aryl methyl sites for hydroxylation is 1. The molecule has 1 aromatic rings. The van der Waals surface area contributed by atoms with Crippen LogP contribution in [0.25, 0.3) is 0 Å². The first kappa shape index (κ1) is 17.1. The van der Waals surface area contributed by atoms with Crippen molar-refractivity contribution in [3.63, 3.8) is 0 Å². The summed E-state index contributed by atoms with van der Waals surface area (Å²) in [6.45, 7) is 7.27. The molecule has 0 aliphatic carbocycles. The third-order valence-corrected chi connectivity index (χ3v) is 4.83. The molecule has 6 nitrogen and oxygen atoms in total. The van der Waals surface area contributed by atoms with Crippen molar-refractivity contribution >= 4 is 10.0 Å². The van der Waals surface area contributed by atoms with Crippen LogP contribution in [0.2, 0.25) is 0 Å². The van der Waals surface area contributed by atoms with E-state index in [-0.39, 0.29) is 4.90 Å². The van der Waals surface area contributed by atoms with Crippen molar-refractivity contribution in [2.24, 2.45) is 0 Å². The number of hydrogen-bond acceptors (Lipinski definition) is 4. The Bertz CT molecular complexity index is 484. The summed E-state index contributed by atoms with van der Waals surface area (Å²) in [6, 6.07) is 0. The lowest BCUT2D eigenvalue weighted by Gasteiger charge is -2.14. The van der Waals surface area contributed by atoms with Crippen LogP contribution in [0.5, 0.6) is 0 Å². The van der Waals surface area contributed by atoms with E-state index in [1.165, 1.54) is 10.5 Å². The van der Waals surface area contributed by atoms with E-state index in [1.54, 1.807) is 17.9 Å². The van der Waals surface area contributed by atoms with E-state index < -0.39 is 10.0 Å². The summed E-state index contributed by atoms with van der Waals surface area (Å²) in [5.41, 5.74) is 0. The molecular weight excluding hydrogens is 276 g/mol. The highest BCUT2D eigenvalue weighted by Crippen LogP contribution is 2.13. The Labute approximate surface area is 122 Å². The fourth-order valence-electron chi connectivity index (χ4n) is 1.88. The molecule has 0 aliphatic heterocycles. The van der Waals surface area contributed by atoms with Crippen molar-refractivity contribution in [1.29, 1.82) is 0 Å². The van der Waals surface area contributed by atoms with E-state index in [4.69, 9.17) is 0 Å². The largest absolute Gasteiger partial charge is 0.317 e. The molecular formula is C13H26N4O2S. The molecule has 1 heterocycles. The van der Waals surface area contributed by atoms with Gasteiger partial charge in [-0.15, -0.1) is 0 Å². The molecule has 0 unspecified atom stereocenters. The molecule has 1 N–H and O–H groups in total. The number of hydrogen-bond donors (Lipinski definition) is 1. The van der Waals surface area contributed by atoms with Crippen LogP contribution in [0.4, 0.5) is 0 Å². The topological polar surface area (TPSA) is 67.2 Å². The minimum Gasteiger partial charge on any atom is -0.317 e. The maximum Gasteiger partial charge on any atom is 0.245 e. The molecule has 0 saturated carbocycles. The molecule has 0 fully saturated rings. The fraction of sp³-hybridized carbons (Fsp3) is 0.769. The van der Waals surface area contributed by atoms with Crippen molar-refractivity contribution in [3.05, 3.63) is 12.4 Å². The van der Waals surface area contributed by atoms with Gasteiger partial charge in [-0.25, -0.2) is 12.7 Å². The fourth-order valence-corrected chi connectivity index (χ4v) is 3.10. The number of aromatic nitrogens is 2. The van der Waals surface area contributed by atoms with Gasteiger partial charge in [-0.05, 0) is 32.4 Å². The van der Waals surface area contributed by atoms with E-state index in [0.29, 0.717) is 6.54 Å². The highest BCUT2D eigenvalue weighted by atomic mass is 32.2. The molecule has 0 atom stereocenters. The van der Waals surface area contributed by atoms with Crippen molar-refractivity contribution in [2.75, 3.05) is 26.7 Å². The molecule has 1 aromatic heterocycles. The Morgan fingerprint density at radius 3 is 2.70 bits per heavy atom. The summed E-state index contributed by atoms with van der Waals surface area (Å²) in [5.74, 6) is 0. The van der Waals surface area contributed by atoms with Gasteiger partial charge in [0, 0.05) is 26.3 Å². The lowest BCUT2D eigenvalue weighted by atomic mass is 10.4. The Morgan fingerprint density at radius 2 is 2.05 bits per heavy atom. The summed E-state index contributed by atoms with van der Waals surface area (Å²) in [7, 11) is -1.78. The maximum absolute atomic E-state index is 12.2. The van der Waals surface area contributed by atoms with E-state index in [9.17, 15) is 8.42 Å². The second kappa shape index (κ2) is 8.39. The molecule has 0 saturated heterocycles. The standard InChI is InChI=1S/C13H26N4O2S/c1-4-7-14-8-6-10-17-12-13(11-15-17)20(18,19)16(3)9-5-2/h11-12,14H,4-10H2,1-3H3. The number of nitrogens with zero attached hydrogens (tertiary/aromatic N) is 3. The van der Waals surface area contributed by atoms with E-state index >= 15 is 0 Å². The smallest absolute Gasteiger partial charge is 0.245 e. The van der Waals surface area contributed by atoms with Crippen LogP contribution in [-0.2, 0) is 16.6 Å². The third kappa shape index (κ3) is 4.88. The molecule has 7 heteroatoms. The van der Waals surface area contributed by atoms with Crippen LogP contribution < -0.4 is 5.32 Å². The van der Waals surface area contributed by atoms with Crippen molar-refractivity contribution < 1.29 is 8.42 Å². The van der Waals surface area contributed by atoms with E-state index in [2.05, 4.69) is 17.3 Å². The zero-order chi connectivity index (χ0) is 15.0. The van der Waals surface area contributed by atoms with Gasteiger partial charge in [0.2, 0.25) is 10.0 Å². The Hall–Kier alpha value is -0.920. The summed E-state index contributed by atoms with van der Waals surface area (Å²) in [5, 5.41) is 7.44. The molecule has 1 rings (SSSR count). The van der Waals surface area contributed by atoms with Gasteiger partial charge in [0.1, 0.15) is 4.90 Å². The molecule has 0 aromatic carbocycles. The minimum absolute atomic E-state index is 0.273. The predicted octanol–water partition coefficient (Wildman–Crippen LogP) is 1.30. The van der Waals surface area contributed by atoms with E-state index in [1.807, 2.05) is 6.92 Å². The average molecular weight is 302 g/mol. The van der Waals surface area contributed by atoms with Gasteiger partial charge in [0.25, 0.3) is 0 Å². The van der Waals surface area contributed by atoms with Crippen molar-refractivity contribution in [3.8, 4) is 0 Å². The number of rotatable bonds is 10. The van der Waals surface area contributed by atoms with Crippen LogP contribution in [0.3, 0.4) is 0 Å². The highest BCUT2D eigenvalue weighted by molar-refractivity contribution is 7.89. The summed E-state index contributed by atoms with van der Waals surface area (Å²) >= 11 is 0. The van der Waals surface area contributed by atoms with Crippen molar-refractivity contribution in [1.82, 2.24) is 19.4 Å². The average Bonchev–Trinajstić information content (AvgIpc) is 2.88. The Kier molecular flexibility index (Phi) is 7.18. The van der Waals surface area contributed by atoms with Gasteiger partial charge in [-0.2, -0.15) is 5.10 Å². The molecule has 0 bridgehead atoms. The van der Waals surface area contributed by atoms with E-state index in [0.717, 1.165) is 38.9 Å². The molecule has 0 aliphatic rings. The zero-order valence-corrected chi connectivity index (χ0v) is 13.5. The number of nitrogens with one attached hydrogen (secondary N) is 1. The molecule has 20 heavy (non-hydrogen) atoms. The van der Waals surface area contributed by atoms with Crippen LogP contribution in [-0.4, -0.2) is 49.2 Å². The molecule has 116 valence electrons. The zero-order valence-electron chi connectivity index (χ0n) is 12.7. The monoisotopic (exact) mass is 302 g/mol. The summed E-state index contributed by atoms with van der Waals surface area (Å²) in [4.78, 5) is 0.273. The predicted molar refractivity (Wildman–Crippen MR) is 80.1 cm³/mol. The van der Waals surface area contributed by atoms with Gasteiger partial charge < -0.3 is 5.32 Å². The van der Waals surface area contributed by atoms with Crippen LogP contribution in [0, 0.1) is 0 Å². The van der Waals surface area contributed by atoms with Gasteiger partial charge in [0.05, 0.1) is 6.20 Å². The van der Waals surface area contributed by atoms with Crippen LogP contribution >= 0.6 is 0 Å². The lowest BCUT2D eigenvalue weighted by molar-refractivity contribution is 0.468. The molecule has 0 amide bonds. The van der Waals surface area contributed by atoms with Gasteiger partial charge in [-0.1, -0.05) is 13.8 Å². The molecule has 0 radical (unpaired) electrons. The van der Waals surface area contributed by atoms with Gasteiger partial charge in [0.15, 0.2) is 0 Å². The third-order valence-electron chi connectivity index (χ3n) is 3.02. The first-order chi connectivity index (χ1) is 9.52. The summed E-state index contributed by atoms with van der Waals surface area (Å²) < 4.78 is 27.5. The first-order valence-electron chi connectivity index (χ1n) is 7.21. The second-order valence-corrected chi connectivity index (χ2v) is 6.91. The second-order valence-electron chi connectivity index (χ2n) is 4.87. The summed E-state index contributed by atoms with van der Waals surface area (Å²) in [6.07, 6.45) is 5.90. The maximum atomic E-state index is 12.2. The first-order valence-corrected chi connectivity index (χ1v) is 8.65. The lowest BCUT2D eigenvalue weighted by Crippen LogP contribution is -2.27. The van der Waals surface area contributed by atoms with Crippen LogP contribution in [0.15, 0.2) is 17.3 Å². The number of sulfonamides is 1. The normalized spacial score (nSPS) is 12.2. The van der Waals surface area contributed by atoms with Gasteiger partial charge >= 0.3 is 0 Å². The minimum atomic E-state index is -3.39. The highest BCUT2D eigenvalue weighted by Gasteiger charge is 2.21. The Balaban J connectivity index is 2.54. The Morgan fingerprint density at radius 1 is 1.30 bits per heavy atom. The SMILES string of the molecule is CCCNCCCn1cc(S(=O)(=O)N(C)CCC)cn1. The molecule has 0 spiro atoms.